The van der Waals surface area contributed by atoms with E-state index in [1.807, 2.05) is 4.90 Å². The molecule has 2 amide bonds. The van der Waals surface area contributed by atoms with Crippen LogP contribution in [0, 0.1) is 12.8 Å². The van der Waals surface area contributed by atoms with Gasteiger partial charge in [0, 0.05) is 44.4 Å². The van der Waals surface area contributed by atoms with Gasteiger partial charge in [-0.15, -0.1) is 0 Å². The Morgan fingerprint density at radius 3 is 2.70 bits per heavy atom. The molecule has 4 rings (SSSR count). The van der Waals surface area contributed by atoms with E-state index in [0.717, 1.165) is 57.8 Å². The summed E-state index contributed by atoms with van der Waals surface area (Å²) in [5.74, 6) is 0.843. The van der Waals surface area contributed by atoms with E-state index in [9.17, 15) is 9.90 Å². The standard InChI is InChI=1S/C22H33N3O2/c1-17-4-2-3-5-19(17)14-22(9-10-22)23-21(27)25-12-11-24(15-18-6-7-18)20(16-25)8-13-26/h2-5,18,20,26H,6-16H2,1H3,(H,23,27)/t20-/m0/s1. The minimum Gasteiger partial charge on any atom is -0.396 e. The van der Waals surface area contributed by atoms with Crippen LogP contribution in [-0.2, 0) is 6.42 Å². The fraction of sp³-hybridized carbons (Fsp3) is 0.682. The zero-order chi connectivity index (χ0) is 18.9. The molecule has 1 atom stereocenters. The summed E-state index contributed by atoms with van der Waals surface area (Å²) in [4.78, 5) is 17.4. The first-order valence-electron chi connectivity index (χ1n) is 10.5. The van der Waals surface area contributed by atoms with Crippen LogP contribution >= 0.6 is 0 Å². The molecule has 1 aromatic rings. The quantitative estimate of drug-likeness (QED) is 0.774. The Labute approximate surface area is 162 Å². The number of amides is 2. The van der Waals surface area contributed by atoms with Gasteiger partial charge in [0.15, 0.2) is 0 Å². The normalized spacial score (nSPS) is 24.7. The van der Waals surface area contributed by atoms with Crippen LogP contribution in [0.2, 0.25) is 0 Å². The highest BCUT2D eigenvalue weighted by atomic mass is 16.3. The Morgan fingerprint density at radius 2 is 2.04 bits per heavy atom. The highest BCUT2D eigenvalue weighted by Gasteiger charge is 2.45. The lowest BCUT2D eigenvalue weighted by molar-refractivity contribution is 0.0692. The first-order valence-corrected chi connectivity index (χ1v) is 10.5. The molecule has 1 aromatic carbocycles. The highest BCUT2D eigenvalue weighted by Crippen LogP contribution is 2.39. The number of hydrogen-bond acceptors (Lipinski definition) is 3. The van der Waals surface area contributed by atoms with E-state index in [1.165, 1.54) is 24.0 Å². The summed E-state index contributed by atoms with van der Waals surface area (Å²) >= 11 is 0. The van der Waals surface area contributed by atoms with Crippen molar-refractivity contribution in [1.82, 2.24) is 15.1 Å². The first kappa shape index (κ1) is 18.8. The molecule has 0 unspecified atom stereocenters. The summed E-state index contributed by atoms with van der Waals surface area (Å²) in [6, 6.07) is 8.84. The Morgan fingerprint density at radius 1 is 1.26 bits per heavy atom. The van der Waals surface area contributed by atoms with Crippen LogP contribution in [-0.4, -0.2) is 65.3 Å². The summed E-state index contributed by atoms with van der Waals surface area (Å²) in [7, 11) is 0. The zero-order valence-corrected chi connectivity index (χ0v) is 16.5. The number of carbonyl (C=O) groups is 1. The molecule has 2 aliphatic carbocycles. The van der Waals surface area contributed by atoms with E-state index in [-0.39, 0.29) is 18.2 Å². The number of aryl methyl sites for hydroxylation is 1. The third-order valence-electron chi connectivity index (χ3n) is 6.56. The smallest absolute Gasteiger partial charge is 0.317 e. The van der Waals surface area contributed by atoms with Crippen LogP contribution in [0.5, 0.6) is 0 Å². The predicted octanol–water partition coefficient (Wildman–Crippen LogP) is 2.56. The Hall–Kier alpha value is -1.59. The van der Waals surface area contributed by atoms with Crippen LogP contribution in [0.1, 0.15) is 43.2 Å². The van der Waals surface area contributed by atoms with Crippen molar-refractivity contribution in [3.8, 4) is 0 Å². The zero-order valence-electron chi connectivity index (χ0n) is 16.5. The van der Waals surface area contributed by atoms with Gasteiger partial charge in [0.2, 0.25) is 0 Å². The summed E-state index contributed by atoms with van der Waals surface area (Å²) in [5, 5.41) is 12.8. The molecule has 1 saturated heterocycles. The fourth-order valence-electron chi connectivity index (χ4n) is 4.35. The van der Waals surface area contributed by atoms with E-state index in [2.05, 4.69) is 41.4 Å². The molecule has 1 heterocycles. The summed E-state index contributed by atoms with van der Waals surface area (Å²) < 4.78 is 0. The molecule has 0 spiro atoms. The van der Waals surface area contributed by atoms with Gasteiger partial charge < -0.3 is 15.3 Å². The molecular weight excluding hydrogens is 338 g/mol. The molecule has 2 N–H and O–H groups in total. The van der Waals surface area contributed by atoms with Gasteiger partial charge in [0.05, 0.1) is 0 Å². The van der Waals surface area contributed by atoms with Gasteiger partial charge in [-0.1, -0.05) is 24.3 Å². The van der Waals surface area contributed by atoms with Crippen molar-refractivity contribution in [2.45, 2.75) is 57.0 Å². The minimum atomic E-state index is -0.0547. The molecule has 5 heteroatoms. The molecular formula is C22H33N3O2. The molecule has 27 heavy (non-hydrogen) atoms. The first-order chi connectivity index (χ1) is 13.1. The number of nitrogens with one attached hydrogen (secondary N) is 1. The van der Waals surface area contributed by atoms with Crippen LogP contribution < -0.4 is 5.32 Å². The van der Waals surface area contributed by atoms with Crippen molar-refractivity contribution in [1.29, 1.82) is 0 Å². The predicted molar refractivity (Wildman–Crippen MR) is 107 cm³/mol. The Balaban J connectivity index is 1.34. The van der Waals surface area contributed by atoms with Crippen LogP contribution in [0.3, 0.4) is 0 Å². The molecule has 0 aromatic heterocycles. The molecule has 0 bridgehead atoms. The summed E-state index contributed by atoms with van der Waals surface area (Å²) in [6.07, 6.45) is 6.49. The maximum absolute atomic E-state index is 13.0. The van der Waals surface area contributed by atoms with Crippen LogP contribution in [0.25, 0.3) is 0 Å². The Kier molecular flexibility index (Phi) is 5.42. The number of nitrogens with zero attached hydrogens (tertiary/aromatic N) is 2. The average molecular weight is 372 g/mol. The molecule has 148 valence electrons. The molecule has 0 radical (unpaired) electrons. The van der Waals surface area contributed by atoms with Crippen LogP contribution in [0.15, 0.2) is 24.3 Å². The van der Waals surface area contributed by atoms with Crippen molar-refractivity contribution < 1.29 is 9.90 Å². The topological polar surface area (TPSA) is 55.8 Å². The second-order valence-electron chi connectivity index (χ2n) is 8.86. The average Bonchev–Trinajstić information content (AvgIpc) is 3.57. The van der Waals surface area contributed by atoms with Crippen molar-refractivity contribution in [3.63, 3.8) is 0 Å². The maximum Gasteiger partial charge on any atom is 0.317 e. The SMILES string of the molecule is Cc1ccccc1CC1(NC(=O)N2CCN(CC3CC3)[C@@H](CCO)C2)CC1. The highest BCUT2D eigenvalue weighted by molar-refractivity contribution is 5.76. The summed E-state index contributed by atoms with van der Waals surface area (Å²) in [5.41, 5.74) is 2.58. The van der Waals surface area contributed by atoms with E-state index >= 15 is 0 Å². The van der Waals surface area contributed by atoms with E-state index in [0.29, 0.717) is 6.04 Å². The number of hydrogen-bond donors (Lipinski definition) is 2. The number of carbonyl (C=O) groups excluding carboxylic acids is 1. The van der Waals surface area contributed by atoms with Crippen molar-refractivity contribution in [2.75, 3.05) is 32.8 Å². The number of benzene rings is 1. The second kappa shape index (κ2) is 7.80. The van der Waals surface area contributed by atoms with Crippen molar-refractivity contribution in [3.05, 3.63) is 35.4 Å². The number of urea groups is 1. The maximum atomic E-state index is 13.0. The lowest BCUT2D eigenvalue weighted by atomic mass is 10.00. The van der Waals surface area contributed by atoms with Gasteiger partial charge in [-0.3, -0.25) is 4.90 Å². The van der Waals surface area contributed by atoms with Gasteiger partial charge >= 0.3 is 6.03 Å². The summed E-state index contributed by atoms with van der Waals surface area (Å²) in [6.45, 7) is 5.93. The number of rotatable bonds is 7. The lowest BCUT2D eigenvalue weighted by Crippen LogP contribution is -2.58. The third kappa shape index (κ3) is 4.64. The molecule has 1 aliphatic heterocycles. The monoisotopic (exact) mass is 371 g/mol. The van der Waals surface area contributed by atoms with Crippen molar-refractivity contribution >= 4 is 6.03 Å². The van der Waals surface area contributed by atoms with Gasteiger partial charge in [0.1, 0.15) is 0 Å². The Bertz CT molecular complexity index is 669. The van der Waals surface area contributed by atoms with Gasteiger partial charge in [-0.2, -0.15) is 0 Å². The number of aliphatic hydroxyl groups is 1. The fourth-order valence-corrected chi connectivity index (χ4v) is 4.35. The number of aliphatic hydroxyl groups excluding tert-OH is 1. The van der Waals surface area contributed by atoms with Crippen molar-refractivity contribution in [2.24, 2.45) is 5.92 Å². The third-order valence-corrected chi connectivity index (χ3v) is 6.56. The van der Waals surface area contributed by atoms with Gasteiger partial charge in [-0.05, 0) is 62.5 Å². The van der Waals surface area contributed by atoms with Gasteiger partial charge in [-0.25, -0.2) is 4.79 Å². The van der Waals surface area contributed by atoms with E-state index in [1.54, 1.807) is 0 Å². The molecule has 3 fully saturated rings. The van der Waals surface area contributed by atoms with E-state index in [4.69, 9.17) is 0 Å². The van der Waals surface area contributed by atoms with Crippen LogP contribution in [0.4, 0.5) is 4.79 Å². The molecule has 3 aliphatic rings. The van der Waals surface area contributed by atoms with E-state index < -0.39 is 0 Å². The lowest BCUT2D eigenvalue weighted by Gasteiger charge is -2.42. The molecule has 2 saturated carbocycles. The minimum absolute atomic E-state index is 0.0547. The number of piperazine rings is 1. The largest absolute Gasteiger partial charge is 0.396 e. The molecule has 5 nitrogen and oxygen atoms in total. The van der Waals surface area contributed by atoms with Gasteiger partial charge in [0.25, 0.3) is 0 Å². The second-order valence-corrected chi connectivity index (χ2v) is 8.86.